The second-order valence-corrected chi connectivity index (χ2v) is 9.11. The SMILES string of the molecule is CC(=O)Nc1ccc(-c2cc(CC(=O)C3(c4ccc5c(c4)OCO5)CC3)ccc2C)cc1C. The molecule has 5 rings (SSSR count). The van der Waals surface area contributed by atoms with Gasteiger partial charge in [-0.05, 0) is 84.3 Å². The van der Waals surface area contributed by atoms with Crippen molar-refractivity contribution in [1.82, 2.24) is 0 Å². The van der Waals surface area contributed by atoms with E-state index in [0.717, 1.165) is 63.4 Å². The average Bonchev–Trinajstić information content (AvgIpc) is 3.47. The Balaban J connectivity index is 1.39. The first-order valence-corrected chi connectivity index (χ1v) is 11.3. The molecule has 0 spiro atoms. The van der Waals surface area contributed by atoms with Crippen molar-refractivity contribution in [3.8, 4) is 22.6 Å². The third-order valence-corrected chi connectivity index (χ3v) is 6.72. The normalized spacial score (nSPS) is 15.2. The van der Waals surface area contributed by atoms with Gasteiger partial charge in [-0.25, -0.2) is 0 Å². The highest BCUT2D eigenvalue weighted by Crippen LogP contribution is 2.51. The van der Waals surface area contributed by atoms with Gasteiger partial charge in [0.15, 0.2) is 11.5 Å². The van der Waals surface area contributed by atoms with Crippen LogP contribution in [0.25, 0.3) is 11.1 Å². The third-order valence-electron chi connectivity index (χ3n) is 6.72. The lowest BCUT2D eigenvalue weighted by molar-refractivity contribution is -0.120. The first-order chi connectivity index (χ1) is 15.9. The summed E-state index contributed by atoms with van der Waals surface area (Å²) >= 11 is 0. The van der Waals surface area contributed by atoms with E-state index < -0.39 is 5.41 Å². The quantitative estimate of drug-likeness (QED) is 0.549. The summed E-state index contributed by atoms with van der Waals surface area (Å²) in [4.78, 5) is 24.8. The second kappa shape index (κ2) is 8.07. The van der Waals surface area contributed by atoms with E-state index in [0.29, 0.717) is 6.42 Å². The molecule has 33 heavy (non-hydrogen) atoms. The molecule has 0 bridgehead atoms. The van der Waals surface area contributed by atoms with Gasteiger partial charge in [0.05, 0.1) is 5.41 Å². The minimum absolute atomic E-state index is 0.0843. The maximum atomic E-state index is 13.4. The van der Waals surface area contributed by atoms with Gasteiger partial charge in [-0.2, -0.15) is 0 Å². The monoisotopic (exact) mass is 441 g/mol. The number of hydrogen-bond acceptors (Lipinski definition) is 4. The van der Waals surface area contributed by atoms with Crippen molar-refractivity contribution in [3.63, 3.8) is 0 Å². The molecule has 1 N–H and O–H groups in total. The predicted octanol–water partition coefficient (Wildman–Crippen LogP) is 5.50. The van der Waals surface area contributed by atoms with Crippen LogP contribution in [0, 0.1) is 13.8 Å². The number of hydrogen-bond donors (Lipinski definition) is 1. The lowest BCUT2D eigenvalue weighted by Crippen LogP contribution is -2.22. The lowest BCUT2D eigenvalue weighted by Gasteiger charge is -2.16. The molecule has 5 heteroatoms. The van der Waals surface area contributed by atoms with Gasteiger partial charge >= 0.3 is 0 Å². The number of rotatable bonds is 6. The number of carbonyl (C=O) groups is 2. The molecule has 168 valence electrons. The number of amides is 1. The average molecular weight is 442 g/mol. The molecule has 1 amide bonds. The summed E-state index contributed by atoms with van der Waals surface area (Å²) in [5.41, 5.74) is 6.76. The van der Waals surface area contributed by atoms with E-state index in [-0.39, 0.29) is 18.5 Å². The van der Waals surface area contributed by atoms with Gasteiger partial charge in [0.2, 0.25) is 12.7 Å². The molecule has 0 unspecified atom stereocenters. The number of benzene rings is 3. The molecule has 1 aliphatic carbocycles. The zero-order valence-electron chi connectivity index (χ0n) is 19.2. The molecular formula is C28H27NO4. The molecular weight excluding hydrogens is 414 g/mol. The number of carbonyl (C=O) groups excluding carboxylic acids is 2. The first-order valence-electron chi connectivity index (χ1n) is 11.3. The van der Waals surface area contributed by atoms with E-state index in [9.17, 15) is 9.59 Å². The highest BCUT2D eigenvalue weighted by molar-refractivity contribution is 5.95. The van der Waals surface area contributed by atoms with Gasteiger partial charge in [0.1, 0.15) is 5.78 Å². The van der Waals surface area contributed by atoms with Gasteiger partial charge in [0.25, 0.3) is 0 Å². The maximum Gasteiger partial charge on any atom is 0.231 e. The van der Waals surface area contributed by atoms with E-state index in [4.69, 9.17) is 9.47 Å². The summed E-state index contributed by atoms with van der Waals surface area (Å²) < 4.78 is 10.9. The number of nitrogens with one attached hydrogen (secondary N) is 1. The van der Waals surface area contributed by atoms with Gasteiger partial charge in [-0.15, -0.1) is 0 Å². The first kappa shape index (κ1) is 21.3. The van der Waals surface area contributed by atoms with Crippen LogP contribution >= 0.6 is 0 Å². The van der Waals surface area contributed by atoms with Crippen molar-refractivity contribution in [2.24, 2.45) is 0 Å². The Labute approximate surface area is 193 Å². The van der Waals surface area contributed by atoms with E-state index in [1.807, 2.05) is 43.3 Å². The summed E-state index contributed by atoms with van der Waals surface area (Å²) in [6.45, 7) is 5.80. The van der Waals surface area contributed by atoms with Crippen molar-refractivity contribution in [2.75, 3.05) is 12.1 Å². The molecule has 3 aromatic rings. The number of aryl methyl sites for hydroxylation is 2. The highest BCUT2D eigenvalue weighted by atomic mass is 16.7. The van der Waals surface area contributed by atoms with Gasteiger partial charge in [0, 0.05) is 19.0 Å². The third kappa shape index (κ3) is 3.99. The summed E-state index contributed by atoms with van der Waals surface area (Å²) in [5.74, 6) is 1.62. The zero-order valence-corrected chi connectivity index (χ0v) is 19.2. The van der Waals surface area contributed by atoms with E-state index >= 15 is 0 Å². The molecule has 5 nitrogen and oxygen atoms in total. The van der Waals surface area contributed by atoms with Gasteiger partial charge < -0.3 is 14.8 Å². The van der Waals surface area contributed by atoms with Crippen LogP contribution in [0.1, 0.15) is 42.0 Å². The Morgan fingerprint density at radius 1 is 0.909 bits per heavy atom. The van der Waals surface area contributed by atoms with Crippen molar-refractivity contribution < 1.29 is 19.1 Å². The summed E-state index contributed by atoms with van der Waals surface area (Å²) in [7, 11) is 0. The number of ether oxygens (including phenoxy) is 2. The van der Waals surface area contributed by atoms with Crippen molar-refractivity contribution in [2.45, 2.75) is 45.4 Å². The standard InChI is InChI=1S/C28H27NO4/c1-17-4-5-20(13-23(17)21-6-8-24(18(2)12-21)29-19(3)30)14-27(31)28(10-11-28)22-7-9-25-26(15-22)33-16-32-25/h4-9,12-13,15H,10-11,14,16H2,1-3H3,(H,29,30). The molecule has 3 aromatic carbocycles. The van der Waals surface area contributed by atoms with Crippen LogP contribution in [0.2, 0.25) is 0 Å². The molecule has 0 saturated heterocycles. The Kier molecular flexibility index (Phi) is 5.20. The Morgan fingerprint density at radius 3 is 2.42 bits per heavy atom. The highest BCUT2D eigenvalue weighted by Gasteiger charge is 2.50. The van der Waals surface area contributed by atoms with Crippen LogP contribution in [-0.2, 0) is 21.4 Å². The van der Waals surface area contributed by atoms with Crippen molar-refractivity contribution in [3.05, 3.63) is 76.9 Å². The van der Waals surface area contributed by atoms with Crippen LogP contribution in [0.4, 0.5) is 5.69 Å². The summed E-state index contributed by atoms with van der Waals surface area (Å²) in [6.07, 6.45) is 2.13. The van der Waals surface area contributed by atoms with Gasteiger partial charge in [-0.3, -0.25) is 9.59 Å². The van der Waals surface area contributed by atoms with E-state index in [2.05, 4.69) is 30.4 Å². The molecule has 1 aliphatic heterocycles. The predicted molar refractivity (Wildman–Crippen MR) is 128 cm³/mol. The molecule has 1 saturated carbocycles. The number of Topliss-reactive ketones (excluding diaryl/α,β-unsaturated/α-hetero) is 1. The van der Waals surface area contributed by atoms with E-state index in [1.165, 1.54) is 6.92 Å². The molecule has 0 radical (unpaired) electrons. The minimum Gasteiger partial charge on any atom is -0.454 e. The Bertz CT molecular complexity index is 1270. The fraction of sp³-hybridized carbons (Fsp3) is 0.286. The zero-order chi connectivity index (χ0) is 23.2. The largest absolute Gasteiger partial charge is 0.454 e. The van der Waals surface area contributed by atoms with Crippen LogP contribution < -0.4 is 14.8 Å². The number of fused-ring (bicyclic) bond motifs is 1. The maximum absolute atomic E-state index is 13.4. The van der Waals surface area contributed by atoms with Crippen LogP contribution in [-0.4, -0.2) is 18.5 Å². The fourth-order valence-corrected chi connectivity index (χ4v) is 4.65. The molecule has 0 aromatic heterocycles. The Morgan fingerprint density at radius 2 is 1.70 bits per heavy atom. The molecule has 1 heterocycles. The number of anilines is 1. The number of ketones is 1. The summed E-state index contributed by atoms with van der Waals surface area (Å²) in [5, 5.41) is 2.86. The van der Waals surface area contributed by atoms with Crippen LogP contribution in [0.5, 0.6) is 11.5 Å². The smallest absolute Gasteiger partial charge is 0.231 e. The second-order valence-electron chi connectivity index (χ2n) is 9.11. The fourth-order valence-electron chi connectivity index (χ4n) is 4.65. The Hall–Kier alpha value is -3.60. The van der Waals surface area contributed by atoms with Gasteiger partial charge in [-0.1, -0.05) is 30.3 Å². The topological polar surface area (TPSA) is 64.6 Å². The molecule has 0 atom stereocenters. The molecule has 1 fully saturated rings. The lowest BCUT2D eigenvalue weighted by atomic mass is 9.86. The van der Waals surface area contributed by atoms with E-state index in [1.54, 1.807) is 0 Å². The van der Waals surface area contributed by atoms with Crippen molar-refractivity contribution in [1.29, 1.82) is 0 Å². The molecule has 2 aliphatic rings. The minimum atomic E-state index is -0.414. The van der Waals surface area contributed by atoms with Crippen molar-refractivity contribution >= 4 is 17.4 Å². The van der Waals surface area contributed by atoms with Crippen LogP contribution in [0.3, 0.4) is 0 Å². The van der Waals surface area contributed by atoms with Crippen LogP contribution in [0.15, 0.2) is 54.6 Å². The summed E-state index contributed by atoms with van der Waals surface area (Å²) in [6, 6.07) is 18.1.